The summed E-state index contributed by atoms with van der Waals surface area (Å²) >= 11 is 0. The van der Waals surface area contributed by atoms with Crippen LogP contribution in [0.1, 0.15) is 27.9 Å². The number of halogens is 3. The highest BCUT2D eigenvalue weighted by molar-refractivity contribution is 5.93. The van der Waals surface area contributed by atoms with Gasteiger partial charge in [0.2, 0.25) is 0 Å². The third-order valence-corrected chi connectivity index (χ3v) is 6.45. The molecule has 0 spiro atoms. The summed E-state index contributed by atoms with van der Waals surface area (Å²) in [7, 11) is 1.61. The lowest BCUT2D eigenvalue weighted by Gasteiger charge is -2.43. The zero-order chi connectivity index (χ0) is 22.9. The zero-order valence-electron chi connectivity index (χ0n) is 17.5. The van der Waals surface area contributed by atoms with E-state index < -0.39 is 17.3 Å². The number of aromatic nitrogens is 2. The van der Waals surface area contributed by atoms with Crippen molar-refractivity contribution in [3.05, 3.63) is 53.6 Å². The number of likely N-dealkylation sites (tertiary alicyclic amines) is 1. The number of methoxy groups -OCH3 is 1. The molecule has 3 heterocycles. The molecule has 4 rings (SSSR count). The van der Waals surface area contributed by atoms with Crippen molar-refractivity contribution in [1.82, 2.24) is 14.9 Å². The van der Waals surface area contributed by atoms with Crippen molar-refractivity contribution in [2.24, 2.45) is 11.3 Å². The fourth-order valence-corrected chi connectivity index (χ4v) is 4.84. The predicted octanol–water partition coefficient (Wildman–Crippen LogP) is 2.98. The summed E-state index contributed by atoms with van der Waals surface area (Å²) < 4.78 is 45.8. The van der Waals surface area contributed by atoms with Gasteiger partial charge in [0, 0.05) is 62.7 Å². The van der Waals surface area contributed by atoms with E-state index in [1.54, 1.807) is 24.1 Å². The van der Waals surface area contributed by atoms with Crippen LogP contribution in [0.4, 0.5) is 18.9 Å². The van der Waals surface area contributed by atoms with Crippen LogP contribution in [0, 0.1) is 22.7 Å². The van der Waals surface area contributed by atoms with Crippen LogP contribution < -0.4 is 4.90 Å². The first-order valence-electron chi connectivity index (χ1n) is 10.2. The second kappa shape index (κ2) is 8.39. The first-order valence-corrected chi connectivity index (χ1v) is 10.2. The second-order valence-corrected chi connectivity index (χ2v) is 8.34. The number of piperidine rings is 1. The average molecular weight is 445 g/mol. The van der Waals surface area contributed by atoms with Crippen LogP contribution in [0.15, 0.2) is 36.9 Å². The monoisotopic (exact) mass is 445 g/mol. The number of carbonyl (C=O) groups excluding carboxylic acids is 1. The average Bonchev–Trinajstić information content (AvgIpc) is 3.17. The molecular formula is C22H22F3N5O2. The van der Waals surface area contributed by atoms with Gasteiger partial charge in [-0.15, -0.1) is 0 Å². The minimum Gasteiger partial charge on any atom is -0.384 e. The molecule has 0 bridgehead atoms. The minimum atomic E-state index is -4.61. The van der Waals surface area contributed by atoms with Crippen LogP contribution in [0.2, 0.25) is 0 Å². The zero-order valence-corrected chi connectivity index (χ0v) is 17.5. The highest BCUT2D eigenvalue weighted by atomic mass is 19.4. The molecule has 0 aliphatic carbocycles. The lowest BCUT2D eigenvalue weighted by molar-refractivity contribution is -0.137. The van der Waals surface area contributed by atoms with E-state index in [0.717, 1.165) is 6.07 Å². The van der Waals surface area contributed by atoms with Crippen molar-refractivity contribution in [2.45, 2.75) is 12.6 Å². The van der Waals surface area contributed by atoms with Gasteiger partial charge in [-0.3, -0.25) is 4.79 Å². The Hall–Kier alpha value is -3.19. The number of amides is 1. The van der Waals surface area contributed by atoms with Crippen molar-refractivity contribution in [2.75, 3.05) is 44.8 Å². The van der Waals surface area contributed by atoms with Gasteiger partial charge in [-0.1, -0.05) is 0 Å². The van der Waals surface area contributed by atoms with Crippen molar-refractivity contribution in [3.63, 3.8) is 0 Å². The van der Waals surface area contributed by atoms with Gasteiger partial charge in [0.25, 0.3) is 5.91 Å². The fraction of sp³-hybridized carbons (Fsp3) is 0.455. The number of alkyl halides is 3. The summed E-state index contributed by atoms with van der Waals surface area (Å²) in [5.74, 6) is -0.137. The van der Waals surface area contributed by atoms with Crippen LogP contribution in [0.3, 0.4) is 0 Å². The summed E-state index contributed by atoms with van der Waals surface area (Å²) in [5.41, 5.74) is -0.787. The second-order valence-electron chi connectivity index (χ2n) is 8.34. The summed E-state index contributed by atoms with van der Waals surface area (Å²) in [6.45, 7) is 2.44. The molecule has 2 aromatic rings. The van der Waals surface area contributed by atoms with E-state index in [9.17, 15) is 18.0 Å². The number of anilines is 1. The Balaban J connectivity index is 1.59. The first kappa shape index (κ1) is 22.0. The van der Waals surface area contributed by atoms with Gasteiger partial charge < -0.3 is 14.5 Å². The molecule has 1 aromatic heterocycles. The Kier molecular flexibility index (Phi) is 5.77. The number of fused-ring (bicyclic) bond motifs is 1. The summed E-state index contributed by atoms with van der Waals surface area (Å²) in [6, 6.07) is 5.43. The topological polar surface area (TPSA) is 82.3 Å². The van der Waals surface area contributed by atoms with E-state index in [4.69, 9.17) is 10.00 Å². The Bertz CT molecular complexity index is 1040. The van der Waals surface area contributed by atoms with Crippen molar-refractivity contribution in [1.29, 1.82) is 5.26 Å². The smallest absolute Gasteiger partial charge is 0.384 e. The van der Waals surface area contributed by atoms with E-state index in [1.165, 1.54) is 24.8 Å². The highest BCUT2D eigenvalue weighted by Gasteiger charge is 2.50. The number of nitrogens with zero attached hydrogens (tertiary/aromatic N) is 5. The summed E-state index contributed by atoms with van der Waals surface area (Å²) in [5, 5.41) is 9.07. The molecule has 1 amide bonds. The molecule has 0 N–H and O–H groups in total. The molecule has 2 fully saturated rings. The predicted molar refractivity (Wildman–Crippen MR) is 109 cm³/mol. The van der Waals surface area contributed by atoms with E-state index >= 15 is 0 Å². The fourth-order valence-electron chi connectivity index (χ4n) is 4.84. The largest absolute Gasteiger partial charge is 0.417 e. The number of rotatable bonds is 4. The van der Waals surface area contributed by atoms with E-state index in [1.807, 2.05) is 4.90 Å². The molecule has 2 aliphatic heterocycles. The molecule has 2 atom stereocenters. The molecule has 2 saturated heterocycles. The maximum Gasteiger partial charge on any atom is 0.417 e. The molecule has 32 heavy (non-hydrogen) atoms. The molecular weight excluding hydrogens is 423 g/mol. The van der Waals surface area contributed by atoms with E-state index in [-0.39, 0.29) is 17.2 Å². The Morgan fingerprint density at radius 3 is 2.72 bits per heavy atom. The van der Waals surface area contributed by atoms with Gasteiger partial charge >= 0.3 is 6.18 Å². The molecule has 0 radical (unpaired) electrons. The van der Waals surface area contributed by atoms with Crippen LogP contribution in [0.5, 0.6) is 0 Å². The van der Waals surface area contributed by atoms with Crippen molar-refractivity contribution < 1.29 is 22.7 Å². The molecule has 2 unspecified atom stereocenters. The van der Waals surface area contributed by atoms with Gasteiger partial charge in [0.05, 0.1) is 29.4 Å². The van der Waals surface area contributed by atoms with Crippen LogP contribution in [0.25, 0.3) is 0 Å². The van der Waals surface area contributed by atoms with Crippen LogP contribution in [-0.4, -0.2) is 60.7 Å². The van der Waals surface area contributed by atoms with Crippen LogP contribution >= 0.6 is 0 Å². The van der Waals surface area contributed by atoms with Gasteiger partial charge in [0.15, 0.2) is 0 Å². The van der Waals surface area contributed by atoms with Gasteiger partial charge in [0.1, 0.15) is 6.33 Å². The van der Waals surface area contributed by atoms with Gasteiger partial charge in [-0.25, -0.2) is 9.97 Å². The Morgan fingerprint density at radius 2 is 2.06 bits per heavy atom. The maximum atomic E-state index is 13.5. The number of nitriles is 1. The van der Waals surface area contributed by atoms with E-state index in [2.05, 4.69) is 9.97 Å². The molecule has 10 heteroatoms. The molecule has 1 aromatic carbocycles. The van der Waals surface area contributed by atoms with E-state index in [0.29, 0.717) is 50.5 Å². The maximum absolute atomic E-state index is 13.5. The first-order chi connectivity index (χ1) is 15.3. The standard InChI is InChI=1S/C22H22F3N5O2/c1-32-13-21-4-5-29(20(31)16-8-27-14-28-9-16)10-17(21)11-30(12-21)18-3-2-15(7-26)19(6-18)22(23,24)25/h2-3,6,8-9,14,17H,4-5,10-13H2,1H3. The third-order valence-electron chi connectivity index (χ3n) is 6.45. The Labute approximate surface area is 183 Å². The minimum absolute atomic E-state index is 0.0229. The quantitative estimate of drug-likeness (QED) is 0.720. The SMILES string of the molecule is COCC12CCN(C(=O)c3cncnc3)CC1CN(c1ccc(C#N)c(C(F)(F)F)c1)C2. The number of hydrogen-bond donors (Lipinski definition) is 0. The third kappa shape index (κ3) is 4.00. The highest BCUT2D eigenvalue weighted by Crippen LogP contribution is 2.45. The summed E-state index contributed by atoms with van der Waals surface area (Å²) in [4.78, 5) is 24.3. The van der Waals surface area contributed by atoms with Crippen molar-refractivity contribution in [3.8, 4) is 6.07 Å². The molecule has 7 nitrogen and oxygen atoms in total. The molecule has 0 saturated carbocycles. The molecule has 2 aliphatic rings. The number of benzene rings is 1. The normalized spacial score (nSPS) is 23.0. The lowest BCUT2D eigenvalue weighted by Crippen LogP contribution is -2.50. The Morgan fingerprint density at radius 1 is 1.31 bits per heavy atom. The summed E-state index contributed by atoms with van der Waals surface area (Å²) in [6.07, 6.45) is 0.367. The van der Waals surface area contributed by atoms with Crippen LogP contribution in [-0.2, 0) is 10.9 Å². The number of hydrogen-bond acceptors (Lipinski definition) is 6. The van der Waals surface area contributed by atoms with Gasteiger partial charge in [-0.05, 0) is 24.6 Å². The lowest BCUT2D eigenvalue weighted by atomic mass is 9.73. The van der Waals surface area contributed by atoms with Gasteiger partial charge in [-0.2, -0.15) is 18.4 Å². The number of ether oxygens (including phenoxy) is 1. The number of carbonyl (C=O) groups is 1. The molecule has 168 valence electrons. The van der Waals surface area contributed by atoms with Crippen molar-refractivity contribution >= 4 is 11.6 Å².